The van der Waals surface area contributed by atoms with E-state index in [1.807, 2.05) is 30.3 Å². The smallest absolute Gasteiger partial charge is 0.324 e. The molecule has 3 aromatic rings. The van der Waals surface area contributed by atoms with Gasteiger partial charge in [0.1, 0.15) is 10.6 Å². The maximum Gasteiger partial charge on any atom is 0.420 e. The SMILES string of the molecule is CCCCCCc1ccccc1Nc1ncc(C(F)(F)F)c(Sc2ccccc2)n1. The number of anilines is 2. The van der Waals surface area contributed by atoms with Gasteiger partial charge in [-0.3, -0.25) is 0 Å². The van der Waals surface area contributed by atoms with Crippen LogP contribution in [0.15, 0.2) is 70.7 Å². The third-order valence-electron chi connectivity index (χ3n) is 4.58. The zero-order chi connectivity index (χ0) is 21.4. The molecular formula is C23H24F3N3S. The Morgan fingerprint density at radius 2 is 1.67 bits per heavy atom. The predicted octanol–water partition coefficient (Wildman–Crippen LogP) is 7.51. The van der Waals surface area contributed by atoms with Crippen molar-refractivity contribution in [3.63, 3.8) is 0 Å². The highest BCUT2D eigenvalue weighted by Crippen LogP contribution is 2.38. The number of nitrogens with zero attached hydrogens (tertiary/aromatic N) is 2. The minimum Gasteiger partial charge on any atom is -0.324 e. The van der Waals surface area contributed by atoms with E-state index < -0.39 is 11.7 Å². The zero-order valence-corrected chi connectivity index (χ0v) is 17.6. The maximum atomic E-state index is 13.5. The highest BCUT2D eigenvalue weighted by atomic mass is 32.2. The van der Waals surface area contributed by atoms with Gasteiger partial charge < -0.3 is 5.32 Å². The Morgan fingerprint density at radius 1 is 0.933 bits per heavy atom. The first-order chi connectivity index (χ1) is 14.5. The predicted molar refractivity (Wildman–Crippen MR) is 115 cm³/mol. The lowest BCUT2D eigenvalue weighted by Gasteiger charge is -2.14. The van der Waals surface area contributed by atoms with Crippen molar-refractivity contribution < 1.29 is 13.2 Å². The average Bonchev–Trinajstić information content (AvgIpc) is 2.72. The van der Waals surface area contributed by atoms with E-state index >= 15 is 0 Å². The fourth-order valence-corrected chi connectivity index (χ4v) is 3.95. The normalized spacial score (nSPS) is 11.5. The Bertz CT molecular complexity index is 946. The molecule has 1 aromatic heterocycles. The van der Waals surface area contributed by atoms with Crippen LogP contribution in [0.3, 0.4) is 0 Å². The monoisotopic (exact) mass is 431 g/mol. The molecule has 0 aliphatic rings. The summed E-state index contributed by atoms with van der Waals surface area (Å²) >= 11 is 0.978. The summed E-state index contributed by atoms with van der Waals surface area (Å²) in [6, 6.07) is 16.7. The average molecular weight is 432 g/mol. The Labute approximate surface area is 179 Å². The molecule has 1 heterocycles. The van der Waals surface area contributed by atoms with Crippen LogP contribution in [0.1, 0.15) is 43.7 Å². The zero-order valence-electron chi connectivity index (χ0n) is 16.7. The molecule has 0 saturated carbocycles. The summed E-state index contributed by atoms with van der Waals surface area (Å²) in [4.78, 5) is 8.82. The molecule has 0 radical (unpaired) electrons. The molecular weight excluding hydrogens is 407 g/mol. The molecule has 0 saturated heterocycles. The van der Waals surface area contributed by atoms with Crippen LogP contribution >= 0.6 is 11.8 Å². The number of benzene rings is 2. The van der Waals surface area contributed by atoms with Gasteiger partial charge in [-0.2, -0.15) is 13.2 Å². The van der Waals surface area contributed by atoms with Gasteiger partial charge in [-0.05, 0) is 36.6 Å². The third kappa shape index (κ3) is 6.23. The Morgan fingerprint density at radius 3 is 2.40 bits per heavy atom. The summed E-state index contributed by atoms with van der Waals surface area (Å²) in [5, 5.41) is 3.00. The van der Waals surface area contributed by atoms with Crippen molar-refractivity contribution in [3.8, 4) is 0 Å². The van der Waals surface area contributed by atoms with Crippen LogP contribution in [-0.4, -0.2) is 9.97 Å². The number of aromatic nitrogens is 2. The van der Waals surface area contributed by atoms with Gasteiger partial charge in [0.25, 0.3) is 0 Å². The molecule has 0 aliphatic carbocycles. The summed E-state index contributed by atoms with van der Waals surface area (Å²) in [7, 11) is 0. The first-order valence-corrected chi connectivity index (χ1v) is 10.8. The highest BCUT2D eigenvalue weighted by molar-refractivity contribution is 7.99. The Kier molecular flexibility index (Phi) is 7.74. The fourth-order valence-electron chi connectivity index (χ4n) is 3.02. The van der Waals surface area contributed by atoms with Crippen LogP contribution in [0.5, 0.6) is 0 Å². The van der Waals surface area contributed by atoms with Crippen molar-refractivity contribution in [2.24, 2.45) is 0 Å². The van der Waals surface area contributed by atoms with Crippen LogP contribution in [0, 0.1) is 0 Å². The van der Waals surface area contributed by atoms with Crippen molar-refractivity contribution >= 4 is 23.4 Å². The number of hydrogen-bond acceptors (Lipinski definition) is 4. The second-order valence-electron chi connectivity index (χ2n) is 6.92. The lowest BCUT2D eigenvalue weighted by Crippen LogP contribution is -2.11. The van der Waals surface area contributed by atoms with E-state index in [2.05, 4.69) is 22.2 Å². The van der Waals surface area contributed by atoms with E-state index in [9.17, 15) is 13.2 Å². The molecule has 0 amide bonds. The van der Waals surface area contributed by atoms with E-state index in [1.54, 1.807) is 24.3 Å². The number of para-hydroxylation sites is 1. The molecule has 0 fully saturated rings. The molecule has 7 heteroatoms. The topological polar surface area (TPSA) is 37.8 Å². The van der Waals surface area contributed by atoms with Gasteiger partial charge in [-0.1, -0.05) is 74.3 Å². The molecule has 30 heavy (non-hydrogen) atoms. The molecule has 3 nitrogen and oxygen atoms in total. The number of alkyl halides is 3. The van der Waals surface area contributed by atoms with Gasteiger partial charge in [-0.25, -0.2) is 9.97 Å². The standard InChI is InChI=1S/C23H24F3N3S/c1-2-3-4-6-11-17-12-9-10-15-20(17)28-22-27-16-19(23(24,25)26)21(29-22)30-18-13-7-5-8-14-18/h5,7-10,12-16H,2-4,6,11H2,1H3,(H,27,28,29). The Balaban J connectivity index is 1.84. The minimum atomic E-state index is -4.52. The molecule has 1 N–H and O–H groups in total. The number of unbranched alkanes of at least 4 members (excludes halogenated alkanes) is 3. The van der Waals surface area contributed by atoms with E-state index in [-0.39, 0.29) is 11.0 Å². The second kappa shape index (κ2) is 10.5. The summed E-state index contributed by atoms with van der Waals surface area (Å²) in [5.74, 6) is 0.155. The van der Waals surface area contributed by atoms with Crippen LogP contribution in [-0.2, 0) is 12.6 Å². The molecule has 2 aromatic carbocycles. The van der Waals surface area contributed by atoms with Crippen molar-refractivity contribution in [1.29, 1.82) is 0 Å². The molecule has 0 unspecified atom stereocenters. The fraction of sp³-hybridized carbons (Fsp3) is 0.304. The van der Waals surface area contributed by atoms with Gasteiger partial charge in [0, 0.05) is 16.8 Å². The van der Waals surface area contributed by atoms with E-state index in [1.165, 1.54) is 12.8 Å². The quantitative estimate of drug-likeness (QED) is 0.281. The number of halogens is 3. The molecule has 0 aliphatic heterocycles. The molecule has 158 valence electrons. The van der Waals surface area contributed by atoms with Gasteiger partial charge in [-0.15, -0.1) is 0 Å². The van der Waals surface area contributed by atoms with Crippen molar-refractivity contribution in [3.05, 3.63) is 71.9 Å². The summed E-state index contributed by atoms with van der Waals surface area (Å²) in [5.41, 5.74) is 1.09. The van der Waals surface area contributed by atoms with E-state index in [0.717, 1.165) is 48.5 Å². The summed E-state index contributed by atoms with van der Waals surface area (Å²) in [6.45, 7) is 2.17. The largest absolute Gasteiger partial charge is 0.420 e. The lowest BCUT2D eigenvalue weighted by atomic mass is 10.0. The van der Waals surface area contributed by atoms with Gasteiger partial charge in [0.2, 0.25) is 5.95 Å². The lowest BCUT2D eigenvalue weighted by molar-refractivity contribution is -0.140. The molecule has 3 rings (SSSR count). The second-order valence-corrected chi connectivity index (χ2v) is 7.98. The third-order valence-corrected chi connectivity index (χ3v) is 5.59. The first-order valence-electron chi connectivity index (χ1n) is 9.99. The van der Waals surface area contributed by atoms with E-state index in [4.69, 9.17) is 0 Å². The molecule has 0 bridgehead atoms. The Hall–Kier alpha value is -2.54. The van der Waals surface area contributed by atoms with Gasteiger partial charge >= 0.3 is 6.18 Å². The molecule has 0 atom stereocenters. The number of hydrogen-bond donors (Lipinski definition) is 1. The summed E-state index contributed by atoms with van der Waals surface area (Å²) in [6.07, 6.45) is 1.81. The van der Waals surface area contributed by atoms with Crippen molar-refractivity contribution in [2.75, 3.05) is 5.32 Å². The number of rotatable bonds is 9. The summed E-state index contributed by atoms with van der Waals surface area (Å²) < 4.78 is 40.4. The number of aryl methyl sites for hydroxylation is 1. The van der Waals surface area contributed by atoms with Crippen molar-refractivity contribution in [2.45, 2.75) is 55.1 Å². The van der Waals surface area contributed by atoms with Crippen LogP contribution in [0.4, 0.5) is 24.8 Å². The first kappa shape index (κ1) is 22.2. The minimum absolute atomic E-state index is 0.119. The van der Waals surface area contributed by atoms with Gasteiger partial charge in [0.15, 0.2) is 0 Å². The van der Waals surface area contributed by atoms with Crippen LogP contribution in [0.25, 0.3) is 0 Å². The van der Waals surface area contributed by atoms with E-state index in [0.29, 0.717) is 4.90 Å². The number of nitrogens with one attached hydrogen (secondary N) is 1. The molecule has 0 spiro atoms. The van der Waals surface area contributed by atoms with Crippen LogP contribution in [0.2, 0.25) is 0 Å². The maximum absolute atomic E-state index is 13.5. The van der Waals surface area contributed by atoms with Crippen LogP contribution < -0.4 is 5.32 Å². The highest BCUT2D eigenvalue weighted by Gasteiger charge is 2.35. The van der Waals surface area contributed by atoms with Gasteiger partial charge in [0.05, 0.1) is 0 Å². The van der Waals surface area contributed by atoms with Crippen molar-refractivity contribution in [1.82, 2.24) is 9.97 Å².